The summed E-state index contributed by atoms with van der Waals surface area (Å²) in [5.41, 5.74) is 8.08. The topological polar surface area (TPSA) is 29.3 Å². The van der Waals surface area contributed by atoms with Crippen molar-refractivity contribution < 1.29 is 0 Å². The van der Waals surface area contributed by atoms with Gasteiger partial charge in [0, 0.05) is 13.1 Å². The van der Waals surface area contributed by atoms with Crippen molar-refractivity contribution in [3.05, 3.63) is 11.6 Å². The molecule has 1 aliphatic heterocycles. The Morgan fingerprint density at radius 1 is 1.16 bits per heavy atom. The molecule has 0 aliphatic carbocycles. The fraction of sp³-hybridized carbons (Fsp3) is 0.882. The van der Waals surface area contributed by atoms with E-state index in [0.29, 0.717) is 10.8 Å². The van der Waals surface area contributed by atoms with Crippen LogP contribution in [0.1, 0.15) is 60.3 Å². The van der Waals surface area contributed by atoms with Gasteiger partial charge in [0.25, 0.3) is 0 Å². The van der Waals surface area contributed by atoms with Crippen LogP contribution in [0.5, 0.6) is 0 Å². The Balaban J connectivity index is 2.22. The van der Waals surface area contributed by atoms with Gasteiger partial charge in [-0.15, -0.1) is 0 Å². The lowest BCUT2D eigenvalue weighted by Gasteiger charge is -2.32. The smallest absolute Gasteiger partial charge is 0.0166 e. The molecule has 0 atom stereocenters. The molecule has 19 heavy (non-hydrogen) atoms. The minimum Gasteiger partial charge on any atom is -0.330 e. The van der Waals surface area contributed by atoms with E-state index >= 15 is 0 Å². The van der Waals surface area contributed by atoms with Gasteiger partial charge in [0.15, 0.2) is 0 Å². The van der Waals surface area contributed by atoms with Crippen LogP contribution in [0, 0.1) is 10.8 Å². The van der Waals surface area contributed by atoms with E-state index in [1.165, 1.54) is 38.8 Å². The molecule has 1 rings (SSSR count). The molecular formula is C17H34N2. The fourth-order valence-corrected chi connectivity index (χ4v) is 2.64. The maximum Gasteiger partial charge on any atom is 0.0166 e. The largest absolute Gasteiger partial charge is 0.330 e. The fourth-order valence-electron chi connectivity index (χ4n) is 2.64. The standard InChI is InChI=1S/C17H34N2/c1-16(2,3)15-8-12-19(13-9-15)11-7-6-10-17(4,5)14-18/h8H,6-7,9-14,18H2,1-5H3. The van der Waals surface area contributed by atoms with Crippen LogP contribution in [-0.4, -0.2) is 31.1 Å². The van der Waals surface area contributed by atoms with Crippen molar-refractivity contribution in [2.24, 2.45) is 16.6 Å². The molecule has 112 valence electrons. The van der Waals surface area contributed by atoms with Crippen molar-refractivity contribution in [2.45, 2.75) is 60.3 Å². The monoisotopic (exact) mass is 266 g/mol. The second-order valence-electron chi connectivity index (χ2n) is 7.86. The van der Waals surface area contributed by atoms with Gasteiger partial charge >= 0.3 is 0 Å². The van der Waals surface area contributed by atoms with Crippen LogP contribution < -0.4 is 5.73 Å². The van der Waals surface area contributed by atoms with Crippen LogP contribution in [0.25, 0.3) is 0 Å². The lowest BCUT2D eigenvalue weighted by Crippen LogP contribution is -2.32. The molecular weight excluding hydrogens is 232 g/mol. The van der Waals surface area contributed by atoms with Gasteiger partial charge in [-0.05, 0) is 43.2 Å². The summed E-state index contributed by atoms with van der Waals surface area (Å²) in [4.78, 5) is 2.59. The number of rotatable bonds is 6. The first kappa shape index (κ1) is 16.7. The third kappa shape index (κ3) is 6.09. The zero-order valence-corrected chi connectivity index (χ0v) is 13.8. The zero-order valence-electron chi connectivity index (χ0n) is 13.8. The Labute approximate surface area is 120 Å². The molecule has 2 N–H and O–H groups in total. The number of nitrogens with two attached hydrogens (primary N) is 1. The van der Waals surface area contributed by atoms with Crippen LogP contribution in [-0.2, 0) is 0 Å². The van der Waals surface area contributed by atoms with Crippen molar-refractivity contribution in [1.82, 2.24) is 4.90 Å². The number of nitrogens with zero attached hydrogens (tertiary/aromatic N) is 1. The van der Waals surface area contributed by atoms with E-state index in [9.17, 15) is 0 Å². The van der Waals surface area contributed by atoms with Gasteiger partial charge in [0.1, 0.15) is 0 Å². The first-order valence-corrected chi connectivity index (χ1v) is 7.86. The van der Waals surface area contributed by atoms with Gasteiger partial charge < -0.3 is 5.73 Å². The molecule has 0 amide bonds. The minimum atomic E-state index is 0.321. The van der Waals surface area contributed by atoms with Gasteiger partial charge in [0.2, 0.25) is 0 Å². The van der Waals surface area contributed by atoms with Crippen LogP contribution in [0.2, 0.25) is 0 Å². The molecule has 0 aromatic carbocycles. The quantitative estimate of drug-likeness (QED) is 0.585. The first-order valence-electron chi connectivity index (χ1n) is 7.86. The molecule has 1 heterocycles. The molecule has 0 aromatic rings. The summed E-state index contributed by atoms with van der Waals surface area (Å²) in [7, 11) is 0. The molecule has 2 heteroatoms. The first-order chi connectivity index (χ1) is 8.74. The third-order valence-electron chi connectivity index (χ3n) is 4.39. The Kier molecular flexibility index (Phi) is 6.07. The maximum atomic E-state index is 5.77. The molecule has 0 radical (unpaired) electrons. The molecule has 0 bridgehead atoms. The highest BCUT2D eigenvalue weighted by atomic mass is 15.1. The van der Waals surface area contributed by atoms with Gasteiger partial charge in [-0.25, -0.2) is 0 Å². The van der Waals surface area contributed by atoms with Crippen molar-refractivity contribution in [3.63, 3.8) is 0 Å². The van der Waals surface area contributed by atoms with E-state index in [1.54, 1.807) is 5.57 Å². The summed E-state index contributed by atoms with van der Waals surface area (Å²) in [6.07, 6.45) is 7.56. The van der Waals surface area contributed by atoms with Crippen LogP contribution in [0.15, 0.2) is 11.6 Å². The second-order valence-corrected chi connectivity index (χ2v) is 7.86. The Morgan fingerprint density at radius 3 is 2.32 bits per heavy atom. The van der Waals surface area contributed by atoms with Crippen molar-refractivity contribution >= 4 is 0 Å². The summed E-state index contributed by atoms with van der Waals surface area (Å²) < 4.78 is 0. The summed E-state index contributed by atoms with van der Waals surface area (Å²) in [6.45, 7) is 15.9. The average Bonchev–Trinajstić information content (AvgIpc) is 2.34. The molecule has 0 aromatic heterocycles. The van der Waals surface area contributed by atoms with Gasteiger partial charge in [-0.3, -0.25) is 4.90 Å². The lowest BCUT2D eigenvalue weighted by atomic mass is 9.83. The Morgan fingerprint density at radius 2 is 1.84 bits per heavy atom. The Hall–Kier alpha value is -0.340. The van der Waals surface area contributed by atoms with Crippen molar-refractivity contribution in [2.75, 3.05) is 26.2 Å². The molecule has 0 fully saturated rings. The zero-order chi connectivity index (χ0) is 14.5. The van der Waals surface area contributed by atoms with E-state index in [2.05, 4.69) is 45.6 Å². The summed E-state index contributed by atoms with van der Waals surface area (Å²) in [5, 5.41) is 0. The van der Waals surface area contributed by atoms with E-state index in [-0.39, 0.29) is 0 Å². The SMILES string of the molecule is CC(C)(CN)CCCCN1CC=C(C(C)(C)C)CC1. The van der Waals surface area contributed by atoms with Crippen LogP contribution in [0.3, 0.4) is 0 Å². The summed E-state index contributed by atoms with van der Waals surface area (Å²) in [6, 6.07) is 0. The predicted octanol–water partition coefficient (Wildman–Crippen LogP) is 3.82. The summed E-state index contributed by atoms with van der Waals surface area (Å²) in [5.74, 6) is 0. The van der Waals surface area contributed by atoms with Crippen LogP contribution >= 0.6 is 0 Å². The number of hydrogen-bond donors (Lipinski definition) is 1. The predicted molar refractivity (Wildman–Crippen MR) is 85.3 cm³/mol. The molecule has 2 nitrogen and oxygen atoms in total. The minimum absolute atomic E-state index is 0.321. The van der Waals surface area contributed by atoms with Crippen LogP contribution in [0.4, 0.5) is 0 Å². The molecule has 0 saturated heterocycles. The van der Waals surface area contributed by atoms with E-state index in [1.807, 2.05) is 0 Å². The average molecular weight is 266 g/mol. The highest BCUT2D eigenvalue weighted by molar-refractivity contribution is 5.14. The van der Waals surface area contributed by atoms with Crippen molar-refractivity contribution in [3.8, 4) is 0 Å². The van der Waals surface area contributed by atoms with E-state index < -0.39 is 0 Å². The van der Waals surface area contributed by atoms with E-state index in [4.69, 9.17) is 5.73 Å². The lowest BCUT2D eigenvalue weighted by molar-refractivity contribution is 0.260. The Bertz CT molecular complexity index is 297. The molecule has 1 aliphatic rings. The van der Waals surface area contributed by atoms with Gasteiger partial charge in [-0.2, -0.15) is 0 Å². The normalized spacial score (nSPS) is 18.5. The number of unbranched alkanes of at least 4 members (excludes halogenated alkanes) is 1. The van der Waals surface area contributed by atoms with Gasteiger partial charge in [-0.1, -0.05) is 52.7 Å². The van der Waals surface area contributed by atoms with E-state index in [0.717, 1.165) is 13.1 Å². The second kappa shape index (κ2) is 6.90. The maximum absolute atomic E-state index is 5.77. The van der Waals surface area contributed by atoms with Gasteiger partial charge in [0.05, 0.1) is 0 Å². The molecule has 0 unspecified atom stereocenters. The third-order valence-corrected chi connectivity index (χ3v) is 4.39. The number of hydrogen-bond acceptors (Lipinski definition) is 2. The molecule has 0 spiro atoms. The summed E-state index contributed by atoms with van der Waals surface area (Å²) >= 11 is 0. The highest BCUT2D eigenvalue weighted by Crippen LogP contribution is 2.30. The highest BCUT2D eigenvalue weighted by Gasteiger charge is 2.21. The molecule has 0 saturated carbocycles. The van der Waals surface area contributed by atoms with Crippen molar-refractivity contribution in [1.29, 1.82) is 0 Å².